The van der Waals surface area contributed by atoms with Crippen LogP contribution in [0.4, 0.5) is 0 Å². The van der Waals surface area contributed by atoms with E-state index in [2.05, 4.69) is 15.5 Å². The van der Waals surface area contributed by atoms with Crippen LogP contribution in [0.1, 0.15) is 21.7 Å². The zero-order valence-corrected chi connectivity index (χ0v) is 18.6. The van der Waals surface area contributed by atoms with Gasteiger partial charge in [0.25, 0.3) is 5.91 Å². The van der Waals surface area contributed by atoms with Gasteiger partial charge in [-0.2, -0.15) is 0 Å². The van der Waals surface area contributed by atoms with E-state index in [4.69, 9.17) is 14.2 Å². The fraction of sp³-hybridized carbons (Fsp3) is 0.318. The highest BCUT2D eigenvalue weighted by Gasteiger charge is 2.15. The van der Waals surface area contributed by atoms with E-state index in [9.17, 15) is 4.79 Å². The van der Waals surface area contributed by atoms with E-state index in [1.165, 1.54) is 0 Å². The van der Waals surface area contributed by atoms with Crippen LogP contribution in [0.15, 0.2) is 53.7 Å². The monoisotopic (exact) mass is 442 g/mol. The van der Waals surface area contributed by atoms with Crippen molar-refractivity contribution < 1.29 is 19.0 Å². The molecule has 8 nitrogen and oxygen atoms in total. The van der Waals surface area contributed by atoms with E-state index < -0.39 is 0 Å². The second kappa shape index (κ2) is 11.5. The number of amides is 1. The third kappa shape index (κ3) is 6.06. The number of carbonyl (C=O) groups is 1. The van der Waals surface area contributed by atoms with Gasteiger partial charge in [0.1, 0.15) is 12.4 Å². The molecule has 0 unspecified atom stereocenters. The smallest absolute Gasteiger partial charge is 0.251 e. The lowest BCUT2D eigenvalue weighted by molar-refractivity contribution is 0.0937. The van der Waals surface area contributed by atoms with Crippen LogP contribution in [0.25, 0.3) is 5.69 Å². The predicted molar refractivity (Wildman–Crippen MR) is 119 cm³/mol. The third-order valence-electron chi connectivity index (χ3n) is 4.48. The molecule has 31 heavy (non-hydrogen) atoms. The number of methoxy groups -OCH3 is 3. The number of carbonyl (C=O) groups excluding carboxylic acids is 1. The molecule has 0 spiro atoms. The van der Waals surface area contributed by atoms with Gasteiger partial charge in [0.2, 0.25) is 0 Å². The van der Waals surface area contributed by atoms with Crippen molar-refractivity contribution in [2.24, 2.45) is 0 Å². The first-order chi connectivity index (χ1) is 15.2. The van der Waals surface area contributed by atoms with Gasteiger partial charge in [0.15, 0.2) is 11.0 Å². The van der Waals surface area contributed by atoms with Crippen LogP contribution in [0.2, 0.25) is 0 Å². The highest BCUT2D eigenvalue weighted by Crippen LogP contribution is 2.26. The molecule has 0 aliphatic carbocycles. The summed E-state index contributed by atoms with van der Waals surface area (Å²) in [5.41, 5.74) is 2.63. The van der Waals surface area contributed by atoms with Crippen molar-refractivity contribution in [2.75, 3.05) is 34.5 Å². The van der Waals surface area contributed by atoms with Gasteiger partial charge in [-0.25, -0.2) is 0 Å². The molecule has 0 aliphatic heterocycles. The molecule has 2 aromatic carbocycles. The van der Waals surface area contributed by atoms with Gasteiger partial charge in [-0.1, -0.05) is 23.9 Å². The van der Waals surface area contributed by atoms with E-state index >= 15 is 0 Å². The molecule has 164 valence electrons. The molecule has 0 radical (unpaired) electrons. The van der Waals surface area contributed by atoms with Gasteiger partial charge < -0.3 is 19.5 Å². The van der Waals surface area contributed by atoms with E-state index in [-0.39, 0.29) is 5.91 Å². The SMILES string of the molecule is COCCNC(=O)c1ccc(CSc2nnc(COC)n2-c2ccc(OC)cc2)cc1. The second-order valence-electron chi connectivity index (χ2n) is 6.60. The molecule has 1 heterocycles. The summed E-state index contributed by atoms with van der Waals surface area (Å²) in [5.74, 6) is 2.08. The van der Waals surface area contributed by atoms with Crippen LogP contribution < -0.4 is 10.1 Å². The van der Waals surface area contributed by atoms with Gasteiger partial charge in [-0.05, 0) is 42.0 Å². The lowest BCUT2D eigenvalue weighted by Crippen LogP contribution is -2.26. The van der Waals surface area contributed by atoms with Gasteiger partial charge in [-0.3, -0.25) is 9.36 Å². The van der Waals surface area contributed by atoms with Crippen LogP contribution in [-0.4, -0.2) is 55.2 Å². The Labute approximate surface area is 185 Å². The first-order valence-electron chi connectivity index (χ1n) is 9.72. The van der Waals surface area contributed by atoms with E-state index in [0.717, 1.165) is 28.0 Å². The lowest BCUT2D eigenvalue weighted by Gasteiger charge is -2.11. The maximum absolute atomic E-state index is 12.1. The fourth-order valence-corrected chi connectivity index (χ4v) is 3.80. The van der Waals surface area contributed by atoms with Crippen molar-refractivity contribution in [3.63, 3.8) is 0 Å². The second-order valence-corrected chi connectivity index (χ2v) is 7.54. The molecule has 0 saturated heterocycles. The summed E-state index contributed by atoms with van der Waals surface area (Å²) in [6.07, 6.45) is 0. The number of hydrogen-bond acceptors (Lipinski definition) is 7. The summed E-state index contributed by atoms with van der Waals surface area (Å²) in [7, 11) is 4.87. The molecule has 3 rings (SSSR count). The van der Waals surface area contributed by atoms with Crippen molar-refractivity contribution in [3.05, 3.63) is 65.5 Å². The van der Waals surface area contributed by atoms with Crippen molar-refractivity contribution in [2.45, 2.75) is 17.5 Å². The summed E-state index contributed by atoms with van der Waals surface area (Å²) in [6, 6.07) is 15.3. The van der Waals surface area contributed by atoms with Gasteiger partial charge in [0, 0.05) is 37.8 Å². The Morgan fingerprint density at radius 2 is 1.74 bits per heavy atom. The Hall–Kier alpha value is -2.88. The molecule has 1 aromatic heterocycles. The Bertz CT molecular complexity index is 974. The van der Waals surface area contributed by atoms with Crippen LogP contribution in [0.5, 0.6) is 5.75 Å². The molecule has 0 bridgehead atoms. The largest absolute Gasteiger partial charge is 0.497 e. The fourth-order valence-electron chi connectivity index (χ4n) is 2.88. The molecular formula is C22H26N4O4S. The molecular weight excluding hydrogens is 416 g/mol. The van der Waals surface area contributed by atoms with Crippen LogP contribution >= 0.6 is 11.8 Å². The maximum atomic E-state index is 12.1. The number of thioether (sulfide) groups is 1. The summed E-state index contributed by atoms with van der Waals surface area (Å²) >= 11 is 1.57. The summed E-state index contributed by atoms with van der Waals surface area (Å²) in [6.45, 7) is 1.32. The van der Waals surface area contributed by atoms with Gasteiger partial charge in [-0.15, -0.1) is 10.2 Å². The number of ether oxygens (including phenoxy) is 3. The highest BCUT2D eigenvalue weighted by molar-refractivity contribution is 7.98. The number of benzene rings is 2. The molecule has 9 heteroatoms. The van der Waals surface area contributed by atoms with E-state index in [1.807, 2.05) is 53.1 Å². The van der Waals surface area contributed by atoms with E-state index in [1.54, 1.807) is 33.1 Å². The molecule has 0 fully saturated rings. The third-order valence-corrected chi connectivity index (χ3v) is 5.48. The minimum absolute atomic E-state index is 0.111. The Morgan fingerprint density at radius 3 is 2.39 bits per heavy atom. The van der Waals surface area contributed by atoms with Crippen LogP contribution in [-0.2, 0) is 21.8 Å². The van der Waals surface area contributed by atoms with Gasteiger partial charge in [0.05, 0.1) is 13.7 Å². The molecule has 3 aromatic rings. The lowest BCUT2D eigenvalue weighted by atomic mass is 10.1. The zero-order valence-electron chi connectivity index (χ0n) is 17.8. The number of nitrogens with one attached hydrogen (secondary N) is 1. The van der Waals surface area contributed by atoms with Crippen molar-refractivity contribution in [3.8, 4) is 11.4 Å². The van der Waals surface area contributed by atoms with E-state index in [0.29, 0.717) is 31.1 Å². The molecule has 1 amide bonds. The van der Waals surface area contributed by atoms with Crippen molar-refractivity contribution in [1.82, 2.24) is 20.1 Å². The molecule has 1 N–H and O–H groups in total. The molecule has 0 aliphatic rings. The maximum Gasteiger partial charge on any atom is 0.251 e. The average molecular weight is 443 g/mol. The normalized spacial score (nSPS) is 10.8. The number of aromatic nitrogens is 3. The highest BCUT2D eigenvalue weighted by atomic mass is 32.2. The quantitative estimate of drug-likeness (QED) is 0.361. The predicted octanol–water partition coefficient (Wildman–Crippen LogP) is 3.09. The first-order valence-corrected chi connectivity index (χ1v) is 10.7. The minimum Gasteiger partial charge on any atom is -0.497 e. The standard InChI is InChI=1S/C22H26N4O4S/c1-28-13-12-23-21(27)17-6-4-16(5-7-17)15-31-22-25-24-20(14-29-2)26(22)18-8-10-19(30-3)11-9-18/h4-11H,12-15H2,1-3H3,(H,23,27). The van der Waals surface area contributed by atoms with Gasteiger partial charge >= 0.3 is 0 Å². The number of nitrogens with zero attached hydrogens (tertiary/aromatic N) is 3. The summed E-state index contributed by atoms with van der Waals surface area (Å²) in [5, 5.41) is 12.2. The Balaban J connectivity index is 1.70. The van der Waals surface area contributed by atoms with Crippen LogP contribution in [0, 0.1) is 0 Å². The summed E-state index contributed by atoms with van der Waals surface area (Å²) < 4.78 is 17.5. The summed E-state index contributed by atoms with van der Waals surface area (Å²) in [4.78, 5) is 12.1. The van der Waals surface area contributed by atoms with Crippen molar-refractivity contribution in [1.29, 1.82) is 0 Å². The first kappa shape index (κ1) is 22.8. The Morgan fingerprint density at radius 1 is 1.00 bits per heavy atom. The minimum atomic E-state index is -0.111. The topological polar surface area (TPSA) is 87.5 Å². The number of hydrogen-bond donors (Lipinski definition) is 1. The molecule has 0 saturated carbocycles. The van der Waals surface area contributed by atoms with Crippen molar-refractivity contribution >= 4 is 17.7 Å². The zero-order chi connectivity index (χ0) is 22.1. The van der Waals surface area contributed by atoms with Crippen LogP contribution in [0.3, 0.4) is 0 Å². The average Bonchev–Trinajstić information content (AvgIpc) is 3.21. The number of rotatable bonds is 11. The molecule has 0 atom stereocenters. The Kier molecular flexibility index (Phi) is 8.45.